The molecular weight excluding hydrogens is 170 g/mol. The molecule has 0 saturated carbocycles. The first-order chi connectivity index (χ1) is 6.34. The molecule has 0 aromatic carbocycles. The van der Waals surface area contributed by atoms with Crippen LogP contribution in [0.2, 0.25) is 0 Å². The number of hydrogen-bond donors (Lipinski definition) is 1. The van der Waals surface area contributed by atoms with Gasteiger partial charge in [-0.2, -0.15) is 5.10 Å². The van der Waals surface area contributed by atoms with Crippen LogP contribution in [0.1, 0.15) is 0 Å². The predicted octanol–water partition coefficient (Wildman–Crippen LogP) is -0.848. The van der Waals surface area contributed by atoms with Crippen molar-refractivity contribution in [3.63, 3.8) is 0 Å². The van der Waals surface area contributed by atoms with Gasteiger partial charge >= 0.3 is 0 Å². The van der Waals surface area contributed by atoms with Crippen LogP contribution >= 0.6 is 0 Å². The molecule has 0 aliphatic carbocycles. The van der Waals surface area contributed by atoms with Gasteiger partial charge in [0.15, 0.2) is 5.82 Å². The monoisotopic (exact) mass is 179 g/mol. The van der Waals surface area contributed by atoms with Crippen LogP contribution in [0.25, 0.3) is 0 Å². The van der Waals surface area contributed by atoms with Crippen LogP contribution in [-0.2, 0) is 13.1 Å². The number of rotatable bonds is 3. The summed E-state index contributed by atoms with van der Waals surface area (Å²) in [5.74, 6) is 0.429. The van der Waals surface area contributed by atoms with E-state index >= 15 is 0 Å². The Labute approximate surface area is 74.2 Å². The third-order valence-electron chi connectivity index (χ3n) is 1.58. The number of anilines is 1. The number of nitrogens with two attached hydrogens (primary N) is 1. The summed E-state index contributed by atoms with van der Waals surface area (Å²) in [5, 5.41) is 11.4. The van der Waals surface area contributed by atoms with Crippen molar-refractivity contribution >= 4 is 5.82 Å². The number of aromatic nitrogens is 6. The highest BCUT2D eigenvalue weighted by molar-refractivity contribution is 5.19. The molecule has 0 radical (unpaired) electrons. The topological polar surface area (TPSA) is 87.4 Å². The third kappa shape index (κ3) is 1.81. The fourth-order valence-corrected chi connectivity index (χ4v) is 0.976. The minimum Gasteiger partial charge on any atom is -0.381 e. The van der Waals surface area contributed by atoms with Gasteiger partial charge in [-0.1, -0.05) is 5.21 Å². The SMILES string of the molecule is Nc1cn(CCn2cncn2)nn1. The lowest BCUT2D eigenvalue weighted by atomic mass is 10.6. The van der Waals surface area contributed by atoms with Gasteiger partial charge in [-0.25, -0.2) is 9.67 Å². The number of aryl methyl sites for hydroxylation is 2. The van der Waals surface area contributed by atoms with E-state index in [1.807, 2.05) is 0 Å². The molecule has 0 aliphatic rings. The molecular formula is C6H9N7. The van der Waals surface area contributed by atoms with E-state index < -0.39 is 0 Å². The minimum absolute atomic E-state index is 0.429. The summed E-state index contributed by atoms with van der Waals surface area (Å²) in [6.45, 7) is 1.40. The summed E-state index contributed by atoms with van der Waals surface area (Å²) in [5.41, 5.74) is 5.40. The van der Waals surface area contributed by atoms with Gasteiger partial charge in [0.2, 0.25) is 0 Å². The molecule has 2 N–H and O–H groups in total. The molecule has 0 saturated heterocycles. The van der Waals surface area contributed by atoms with Crippen molar-refractivity contribution in [1.29, 1.82) is 0 Å². The molecule has 2 heterocycles. The Hall–Kier alpha value is -1.92. The number of nitrogens with zero attached hydrogens (tertiary/aromatic N) is 6. The molecule has 0 unspecified atom stereocenters. The zero-order valence-corrected chi connectivity index (χ0v) is 6.91. The van der Waals surface area contributed by atoms with Crippen molar-refractivity contribution in [2.45, 2.75) is 13.1 Å². The van der Waals surface area contributed by atoms with Gasteiger partial charge < -0.3 is 5.73 Å². The van der Waals surface area contributed by atoms with Crippen molar-refractivity contribution in [1.82, 2.24) is 29.8 Å². The summed E-state index contributed by atoms with van der Waals surface area (Å²) in [6.07, 6.45) is 4.83. The van der Waals surface area contributed by atoms with E-state index in [-0.39, 0.29) is 0 Å². The average Bonchev–Trinajstić information content (AvgIpc) is 2.71. The van der Waals surface area contributed by atoms with E-state index in [2.05, 4.69) is 20.4 Å². The molecule has 0 spiro atoms. The Morgan fingerprint density at radius 2 is 2.15 bits per heavy atom. The first-order valence-electron chi connectivity index (χ1n) is 3.82. The van der Waals surface area contributed by atoms with Gasteiger partial charge in [-0.05, 0) is 0 Å². The van der Waals surface area contributed by atoms with Crippen LogP contribution in [-0.4, -0.2) is 29.8 Å². The van der Waals surface area contributed by atoms with Crippen LogP contribution in [0, 0.1) is 0 Å². The molecule has 13 heavy (non-hydrogen) atoms. The lowest BCUT2D eigenvalue weighted by Crippen LogP contribution is -2.08. The van der Waals surface area contributed by atoms with Gasteiger partial charge in [0.05, 0.1) is 19.3 Å². The molecule has 0 amide bonds. The van der Waals surface area contributed by atoms with Gasteiger partial charge in [0.25, 0.3) is 0 Å². The summed E-state index contributed by atoms with van der Waals surface area (Å²) < 4.78 is 3.38. The zero-order valence-electron chi connectivity index (χ0n) is 6.91. The van der Waals surface area contributed by atoms with Crippen molar-refractivity contribution in [3.8, 4) is 0 Å². The van der Waals surface area contributed by atoms with E-state index in [1.54, 1.807) is 21.9 Å². The van der Waals surface area contributed by atoms with E-state index in [4.69, 9.17) is 5.73 Å². The maximum absolute atomic E-state index is 5.40. The largest absolute Gasteiger partial charge is 0.381 e. The van der Waals surface area contributed by atoms with Crippen molar-refractivity contribution in [2.75, 3.05) is 5.73 Å². The second kappa shape index (κ2) is 3.21. The lowest BCUT2D eigenvalue weighted by Gasteiger charge is -1.98. The van der Waals surface area contributed by atoms with E-state index in [1.165, 1.54) is 6.33 Å². The van der Waals surface area contributed by atoms with Crippen LogP contribution in [0.4, 0.5) is 5.82 Å². The highest BCUT2D eigenvalue weighted by Gasteiger charge is 1.96. The standard InChI is InChI=1S/C6H9N7/c7-6-3-12(11-10-6)1-2-13-5-8-4-9-13/h3-5H,1-2,7H2. The Morgan fingerprint density at radius 3 is 2.77 bits per heavy atom. The Balaban J connectivity index is 1.93. The van der Waals surface area contributed by atoms with Gasteiger partial charge in [-0.3, -0.25) is 4.68 Å². The molecule has 0 fully saturated rings. The van der Waals surface area contributed by atoms with Gasteiger partial charge in [0.1, 0.15) is 12.7 Å². The smallest absolute Gasteiger partial charge is 0.165 e. The quantitative estimate of drug-likeness (QED) is 0.663. The van der Waals surface area contributed by atoms with E-state index in [9.17, 15) is 0 Å². The molecule has 2 aromatic rings. The molecule has 2 rings (SSSR count). The lowest BCUT2D eigenvalue weighted by molar-refractivity contribution is 0.489. The summed E-state index contributed by atoms with van der Waals surface area (Å²) >= 11 is 0. The van der Waals surface area contributed by atoms with E-state index in [0.717, 1.165) is 0 Å². The Morgan fingerprint density at radius 1 is 1.31 bits per heavy atom. The second-order valence-electron chi connectivity index (χ2n) is 2.57. The first kappa shape index (κ1) is 7.71. The molecule has 0 bridgehead atoms. The summed E-state index contributed by atoms with van der Waals surface area (Å²) in [4.78, 5) is 3.82. The maximum atomic E-state index is 5.40. The Bertz CT molecular complexity index is 362. The van der Waals surface area contributed by atoms with Crippen LogP contribution in [0.5, 0.6) is 0 Å². The fraction of sp³-hybridized carbons (Fsp3) is 0.333. The average molecular weight is 179 g/mol. The normalized spacial score (nSPS) is 10.5. The predicted molar refractivity (Wildman–Crippen MR) is 44.5 cm³/mol. The van der Waals surface area contributed by atoms with Crippen molar-refractivity contribution in [3.05, 3.63) is 18.9 Å². The van der Waals surface area contributed by atoms with Crippen LogP contribution in [0.15, 0.2) is 18.9 Å². The number of nitrogen functional groups attached to an aromatic ring is 1. The van der Waals surface area contributed by atoms with Gasteiger partial charge in [0, 0.05) is 0 Å². The fourth-order valence-electron chi connectivity index (χ4n) is 0.976. The van der Waals surface area contributed by atoms with Crippen LogP contribution in [0.3, 0.4) is 0 Å². The maximum Gasteiger partial charge on any atom is 0.165 e. The zero-order chi connectivity index (χ0) is 9.10. The minimum atomic E-state index is 0.429. The molecule has 0 aliphatic heterocycles. The summed E-state index contributed by atoms with van der Waals surface area (Å²) in [6, 6.07) is 0. The van der Waals surface area contributed by atoms with E-state index in [0.29, 0.717) is 18.9 Å². The third-order valence-corrected chi connectivity index (χ3v) is 1.58. The first-order valence-corrected chi connectivity index (χ1v) is 3.82. The molecule has 68 valence electrons. The van der Waals surface area contributed by atoms with Crippen molar-refractivity contribution < 1.29 is 0 Å². The molecule has 2 aromatic heterocycles. The van der Waals surface area contributed by atoms with Crippen molar-refractivity contribution in [2.24, 2.45) is 0 Å². The Kier molecular flexibility index (Phi) is 1.91. The second-order valence-corrected chi connectivity index (χ2v) is 2.57. The highest BCUT2D eigenvalue weighted by Crippen LogP contribution is 1.93. The van der Waals surface area contributed by atoms with Crippen LogP contribution < -0.4 is 5.73 Å². The molecule has 7 heteroatoms. The highest BCUT2D eigenvalue weighted by atomic mass is 15.4. The molecule has 0 atom stereocenters. The number of hydrogen-bond acceptors (Lipinski definition) is 5. The summed E-state index contributed by atoms with van der Waals surface area (Å²) in [7, 11) is 0. The molecule has 7 nitrogen and oxygen atoms in total. The van der Waals surface area contributed by atoms with Gasteiger partial charge in [-0.15, -0.1) is 5.10 Å².